The van der Waals surface area contributed by atoms with Gasteiger partial charge in [0, 0.05) is 11.8 Å². The van der Waals surface area contributed by atoms with Gasteiger partial charge < -0.3 is 5.11 Å². The number of anilines is 1. The van der Waals surface area contributed by atoms with Gasteiger partial charge in [-0.3, -0.25) is 24.6 Å². The van der Waals surface area contributed by atoms with E-state index in [4.69, 9.17) is 0 Å². The third kappa shape index (κ3) is 4.71. The summed E-state index contributed by atoms with van der Waals surface area (Å²) in [6, 6.07) is 14.3. The van der Waals surface area contributed by atoms with Crippen LogP contribution in [-0.2, 0) is 10.5 Å². The Bertz CT molecular complexity index is 1600. The maximum absolute atomic E-state index is 13.7. The van der Waals surface area contributed by atoms with Crippen LogP contribution in [0.5, 0.6) is 0 Å². The summed E-state index contributed by atoms with van der Waals surface area (Å²) in [5, 5.41) is 32.0. The lowest BCUT2D eigenvalue weighted by atomic mass is 9.94. The summed E-state index contributed by atoms with van der Waals surface area (Å²) in [4.78, 5) is 44.1. The largest absolute Gasteiger partial charge is 0.503 e. The zero-order valence-corrected chi connectivity index (χ0v) is 22.5. The van der Waals surface area contributed by atoms with Gasteiger partial charge in [-0.2, -0.15) is 0 Å². The van der Waals surface area contributed by atoms with Crippen molar-refractivity contribution in [3.05, 3.63) is 103 Å². The van der Waals surface area contributed by atoms with Gasteiger partial charge in [-0.25, -0.2) is 4.98 Å². The van der Waals surface area contributed by atoms with Gasteiger partial charge in [0.15, 0.2) is 10.1 Å². The zero-order valence-electron chi connectivity index (χ0n) is 20.0. The Balaban J connectivity index is 1.58. The molecule has 0 fully saturated rings. The van der Waals surface area contributed by atoms with Crippen molar-refractivity contribution in [3.8, 4) is 0 Å². The summed E-state index contributed by atoms with van der Waals surface area (Å²) >= 11 is 3.65. The number of amides is 1. The molecule has 0 bridgehead atoms. The molecule has 0 aliphatic carbocycles. The number of para-hydroxylation sites is 1. The molecule has 0 saturated heterocycles. The lowest BCUT2D eigenvalue weighted by Gasteiger charge is -2.23. The van der Waals surface area contributed by atoms with Gasteiger partial charge in [0.05, 0.1) is 31.6 Å². The number of Topliss-reactive ketones (excluding diaryl/α,β-unsaturated/α-hetero) is 1. The predicted molar refractivity (Wildman–Crippen MR) is 145 cm³/mol. The molecular formula is C25H19N5O5S3. The van der Waals surface area contributed by atoms with Gasteiger partial charge in [0.25, 0.3) is 11.6 Å². The fraction of sp³-hybridized carbons (Fsp3) is 0.160. The first kappa shape index (κ1) is 25.7. The van der Waals surface area contributed by atoms with Crippen LogP contribution in [0.25, 0.3) is 0 Å². The molecule has 2 aromatic carbocycles. The second-order valence-electron chi connectivity index (χ2n) is 8.26. The number of nitrogens with zero attached hydrogens (tertiary/aromatic N) is 5. The Morgan fingerprint density at radius 3 is 2.50 bits per heavy atom. The van der Waals surface area contributed by atoms with Crippen LogP contribution in [-0.4, -0.2) is 36.9 Å². The summed E-state index contributed by atoms with van der Waals surface area (Å²) in [7, 11) is 0. The van der Waals surface area contributed by atoms with E-state index in [0.29, 0.717) is 20.8 Å². The molecule has 192 valence electrons. The maximum Gasteiger partial charge on any atom is 0.296 e. The van der Waals surface area contributed by atoms with E-state index in [1.165, 1.54) is 30.0 Å². The van der Waals surface area contributed by atoms with Crippen molar-refractivity contribution in [3.63, 3.8) is 0 Å². The summed E-state index contributed by atoms with van der Waals surface area (Å²) in [6.45, 7) is 3.40. The molecule has 10 nitrogen and oxygen atoms in total. The molecule has 4 aromatic rings. The van der Waals surface area contributed by atoms with E-state index in [0.717, 1.165) is 33.1 Å². The topological polar surface area (TPSA) is 139 Å². The number of aliphatic hydroxyl groups excluding tert-OH is 1. The number of thioether (sulfide) groups is 1. The van der Waals surface area contributed by atoms with Gasteiger partial charge in [-0.1, -0.05) is 65.6 Å². The lowest BCUT2D eigenvalue weighted by molar-refractivity contribution is -0.385. The molecule has 1 amide bonds. The van der Waals surface area contributed by atoms with E-state index in [2.05, 4.69) is 15.2 Å². The SMILES string of the molecule is Cc1nc(C)c(C(=O)C2=C(O)C(=O)N(c3nnc(SCc4ccccc4)s3)C2c2ccccc2[N+](=O)[O-])s1. The van der Waals surface area contributed by atoms with E-state index in [-0.39, 0.29) is 26.8 Å². The minimum Gasteiger partial charge on any atom is -0.503 e. The minimum absolute atomic E-state index is 0.0748. The van der Waals surface area contributed by atoms with Crippen molar-refractivity contribution < 1.29 is 19.6 Å². The number of carbonyl (C=O) groups is 2. The first-order chi connectivity index (χ1) is 18.3. The quantitative estimate of drug-likeness (QED) is 0.0951. The van der Waals surface area contributed by atoms with Gasteiger partial charge >= 0.3 is 0 Å². The monoisotopic (exact) mass is 565 g/mol. The second kappa shape index (κ2) is 10.4. The Labute approximate surface area is 228 Å². The number of aliphatic hydroxyl groups is 1. The molecule has 0 saturated carbocycles. The molecule has 3 heterocycles. The van der Waals surface area contributed by atoms with Crippen LogP contribution in [0.15, 0.2) is 70.3 Å². The van der Waals surface area contributed by atoms with Crippen molar-refractivity contribution in [1.29, 1.82) is 0 Å². The molecular weight excluding hydrogens is 547 g/mol. The molecule has 13 heteroatoms. The van der Waals surface area contributed by atoms with Crippen LogP contribution in [0.2, 0.25) is 0 Å². The van der Waals surface area contributed by atoms with Crippen LogP contribution in [0.1, 0.15) is 37.5 Å². The van der Waals surface area contributed by atoms with E-state index >= 15 is 0 Å². The van der Waals surface area contributed by atoms with Crippen LogP contribution in [0.3, 0.4) is 0 Å². The number of nitro groups is 1. The van der Waals surface area contributed by atoms with Crippen LogP contribution in [0.4, 0.5) is 10.8 Å². The average molecular weight is 566 g/mol. The Hall–Kier alpha value is -3.94. The van der Waals surface area contributed by atoms with E-state index in [1.807, 2.05) is 30.3 Å². The summed E-state index contributed by atoms with van der Waals surface area (Å²) < 4.78 is 0.561. The number of hydrogen-bond acceptors (Lipinski definition) is 11. The number of thiazole rings is 1. The Morgan fingerprint density at radius 1 is 1.11 bits per heavy atom. The number of aryl methyl sites for hydroxylation is 2. The van der Waals surface area contributed by atoms with Gasteiger partial charge in [0.1, 0.15) is 6.04 Å². The highest BCUT2D eigenvalue weighted by molar-refractivity contribution is 8.00. The summed E-state index contributed by atoms with van der Waals surface area (Å²) in [5.74, 6) is -1.66. The Morgan fingerprint density at radius 2 is 1.82 bits per heavy atom. The number of hydrogen-bond donors (Lipinski definition) is 1. The van der Waals surface area contributed by atoms with Crippen LogP contribution >= 0.6 is 34.4 Å². The first-order valence-electron chi connectivity index (χ1n) is 11.2. The summed E-state index contributed by atoms with van der Waals surface area (Å²) in [5.41, 5.74) is 1.04. The van der Waals surface area contributed by atoms with E-state index < -0.39 is 28.4 Å². The van der Waals surface area contributed by atoms with Gasteiger partial charge in [-0.15, -0.1) is 21.5 Å². The number of carbonyl (C=O) groups excluding carboxylic acids is 2. The number of rotatable bonds is 8. The summed E-state index contributed by atoms with van der Waals surface area (Å²) in [6.07, 6.45) is 0. The average Bonchev–Trinajstić information content (AvgIpc) is 3.58. The van der Waals surface area contributed by atoms with Crippen molar-refractivity contribution in [2.24, 2.45) is 0 Å². The molecule has 1 aliphatic heterocycles. The molecule has 5 rings (SSSR count). The molecule has 2 aromatic heterocycles. The van der Waals surface area contributed by atoms with Crippen LogP contribution in [0, 0.1) is 24.0 Å². The third-order valence-electron chi connectivity index (χ3n) is 5.80. The highest BCUT2D eigenvalue weighted by Crippen LogP contribution is 2.46. The first-order valence-corrected chi connectivity index (χ1v) is 13.9. The molecule has 0 spiro atoms. The third-order valence-corrected chi connectivity index (χ3v) is 9.00. The minimum atomic E-state index is -1.28. The van der Waals surface area contributed by atoms with Crippen molar-refractivity contribution in [2.45, 2.75) is 30.0 Å². The second-order valence-corrected chi connectivity index (χ2v) is 11.6. The zero-order chi connectivity index (χ0) is 27.0. The number of nitro benzene ring substituents is 1. The maximum atomic E-state index is 13.7. The van der Waals surface area contributed by atoms with E-state index in [1.54, 1.807) is 19.9 Å². The highest BCUT2D eigenvalue weighted by atomic mass is 32.2. The molecule has 1 aliphatic rings. The van der Waals surface area contributed by atoms with Crippen LogP contribution < -0.4 is 4.90 Å². The molecule has 38 heavy (non-hydrogen) atoms. The Kier molecular flexibility index (Phi) is 7.06. The normalized spacial score (nSPS) is 15.4. The molecule has 1 unspecified atom stereocenters. The lowest BCUT2D eigenvalue weighted by Crippen LogP contribution is -2.31. The van der Waals surface area contributed by atoms with Crippen molar-refractivity contribution in [2.75, 3.05) is 4.90 Å². The molecule has 1 N–H and O–H groups in total. The van der Waals surface area contributed by atoms with E-state index in [9.17, 15) is 24.8 Å². The highest BCUT2D eigenvalue weighted by Gasteiger charge is 2.48. The molecule has 1 atom stereocenters. The standard InChI is InChI=1S/C25H19N5O5S3/c1-13-22(37-14(2)26-13)20(31)18-19(16-10-6-7-11-17(16)30(34)35)29(23(33)21(18)32)24-27-28-25(38-24)36-12-15-8-4-3-5-9-15/h3-11,19,32H,12H2,1-2H3. The predicted octanol–water partition coefficient (Wildman–Crippen LogP) is 5.59. The fourth-order valence-electron chi connectivity index (χ4n) is 4.16. The van der Waals surface area contributed by atoms with Crippen molar-refractivity contribution in [1.82, 2.24) is 15.2 Å². The molecule has 0 radical (unpaired) electrons. The smallest absolute Gasteiger partial charge is 0.296 e. The van der Waals surface area contributed by atoms with Gasteiger partial charge in [0.2, 0.25) is 10.9 Å². The fourth-order valence-corrected chi connectivity index (χ4v) is 6.85. The number of aromatic nitrogens is 3. The number of benzene rings is 2. The van der Waals surface area contributed by atoms with Gasteiger partial charge in [-0.05, 0) is 25.5 Å². The number of ketones is 1. The van der Waals surface area contributed by atoms with Crippen molar-refractivity contribution >= 4 is 56.9 Å².